The minimum Gasteiger partial charge on any atom is -0.445 e. The van der Waals surface area contributed by atoms with Crippen molar-refractivity contribution in [1.82, 2.24) is 24.8 Å². The number of carbonyl (C=O) groups excluding carboxylic acids is 1. The smallest absolute Gasteiger partial charge is 0.410 e. The summed E-state index contributed by atoms with van der Waals surface area (Å²) < 4.78 is 5.44. The van der Waals surface area contributed by atoms with Crippen LogP contribution in [0.1, 0.15) is 8.42 Å². The Hall–Kier alpha value is -4.14. The minimum absolute atomic E-state index is 0. The number of carbonyl (C=O) groups is 1. The van der Waals surface area contributed by atoms with E-state index in [1.54, 1.807) is 11.1 Å². The predicted molar refractivity (Wildman–Crippen MR) is 126 cm³/mol. The van der Waals surface area contributed by atoms with Gasteiger partial charge in [0.05, 0.1) is 17.2 Å². The SMILES string of the molecule is Nc1ncc(N2CCN(C(=O)OCc3ccccc3)CC2)nc1-c1nc2ccccc2[nH]1.[HH].[HH]. The summed E-state index contributed by atoms with van der Waals surface area (Å²) >= 11 is 0. The lowest BCUT2D eigenvalue weighted by Gasteiger charge is -2.34. The number of para-hydroxylation sites is 2. The molecule has 1 saturated heterocycles. The molecule has 9 heteroatoms. The highest BCUT2D eigenvalue weighted by Gasteiger charge is 2.24. The van der Waals surface area contributed by atoms with E-state index in [4.69, 9.17) is 15.5 Å². The molecule has 0 atom stereocenters. The summed E-state index contributed by atoms with van der Waals surface area (Å²) in [5.74, 6) is 1.60. The van der Waals surface area contributed by atoms with Gasteiger partial charge in [0.15, 0.2) is 17.3 Å². The lowest BCUT2D eigenvalue weighted by atomic mass is 10.2. The fraction of sp³-hybridized carbons (Fsp3) is 0.217. The Kier molecular flexibility index (Phi) is 5.29. The van der Waals surface area contributed by atoms with Crippen LogP contribution in [0.15, 0.2) is 60.8 Å². The number of aromatic amines is 1. The molecule has 2 aromatic carbocycles. The highest BCUT2D eigenvalue weighted by atomic mass is 16.6. The lowest BCUT2D eigenvalue weighted by molar-refractivity contribution is 0.0941. The number of hydrogen-bond acceptors (Lipinski definition) is 7. The first kappa shape index (κ1) is 19.8. The van der Waals surface area contributed by atoms with Crippen LogP contribution in [-0.4, -0.2) is 57.1 Å². The van der Waals surface area contributed by atoms with Gasteiger partial charge in [-0.05, 0) is 17.7 Å². The molecule has 1 aliphatic heterocycles. The molecule has 0 unspecified atom stereocenters. The Morgan fingerprint density at radius 1 is 1.03 bits per heavy atom. The second kappa shape index (κ2) is 8.54. The molecule has 0 aliphatic carbocycles. The molecule has 0 spiro atoms. The number of nitrogens with two attached hydrogens (primary N) is 1. The van der Waals surface area contributed by atoms with E-state index in [2.05, 4.69) is 19.9 Å². The van der Waals surface area contributed by atoms with Crippen molar-refractivity contribution >= 4 is 28.8 Å². The number of hydrogen-bond donors (Lipinski definition) is 2. The summed E-state index contributed by atoms with van der Waals surface area (Å²) in [7, 11) is 0. The number of fused-ring (bicyclic) bond motifs is 1. The second-order valence-corrected chi connectivity index (χ2v) is 7.58. The summed E-state index contributed by atoms with van der Waals surface area (Å²) in [5.41, 5.74) is 9.34. The zero-order valence-corrected chi connectivity index (χ0v) is 17.4. The number of imidazole rings is 1. The van der Waals surface area contributed by atoms with Gasteiger partial charge in [-0.3, -0.25) is 0 Å². The normalized spacial score (nSPS) is 14.0. The number of benzene rings is 2. The Labute approximate surface area is 187 Å². The molecule has 9 nitrogen and oxygen atoms in total. The molecule has 5 rings (SSSR count). The molecule has 166 valence electrons. The fourth-order valence-corrected chi connectivity index (χ4v) is 3.71. The Bertz CT molecular complexity index is 1210. The van der Waals surface area contributed by atoms with Gasteiger partial charge in [-0.25, -0.2) is 19.7 Å². The number of nitrogens with one attached hydrogen (secondary N) is 1. The van der Waals surface area contributed by atoms with Gasteiger partial charge < -0.3 is 25.3 Å². The first-order valence-electron chi connectivity index (χ1n) is 10.5. The monoisotopic (exact) mass is 433 g/mol. The van der Waals surface area contributed by atoms with E-state index in [1.807, 2.05) is 54.6 Å². The lowest BCUT2D eigenvalue weighted by Crippen LogP contribution is -2.49. The van der Waals surface area contributed by atoms with Gasteiger partial charge in [-0.1, -0.05) is 42.5 Å². The van der Waals surface area contributed by atoms with Gasteiger partial charge in [0.25, 0.3) is 0 Å². The minimum atomic E-state index is -0.306. The maximum Gasteiger partial charge on any atom is 0.410 e. The molecule has 32 heavy (non-hydrogen) atoms. The van der Waals surface area contributed by atoms with E-state index < -0.39 is 0 Å². The maximum atomic E-state index is 12.4. The van der Waals surface area contributed by atoms with Crippen LogP contribution in [0.5, 0.6) is 0 Å². The van der Waals surface area contributed by atoms with Crippen molar-refractivity contribution in [1.29, 1.82) is 0 Å². The molecular weight excluding hydrogens is 406 g/mol. The molecule has 1 fully saturated rings. The third-order valence-corrected chi connectivity index (χ3v) is 5.47. The molecule has 1 amide bonds. The van der Waals surface area contributed by atoms with Crippen LogP contribution < -0.4 is 10.6 Å². The molecule has 0 radical (unpaired) electrons. The molecular formula is C23H27N7O2. The van der Waals surface area contributed by atoms with Crippen LogP contribution in [0.4, 0.5) is 16.4 Å². The van der Waals surface area contributed by atoms with Crippen LogP contribution in [0, 0.1) is 0 Å². The topological polar surface area (TPSA) is 113 Å². The zero-order valence-electron chi connectivity index (χ0n) is 17.4. The van der Waals surface area contributed by atoms with Crippen LogP contribution in [0.2, 0.25) is 0 Å². The first-order valence-corrected chi connectivity index (χ1v) is 10.5. The van der Waals surface area contributed by atoms with E-state index in [0.717, 1.165) is 16.6 Å². The fourth-order valence-electron chi connectivity index (χ4n) is 3.71. The Morgan fingerprint density at radius 2 is 1.78 bits per heavy atom. The van der Waals surface area contributed by atoms with E-state index in [9.17, 15) is 4.79 Å². The van der Waals surface area contributed by atoms with Gasteiger partial charge in [0.1, 0.15) is 12.4 Å². The van der Waals surface area contributed by atoms with Crippen molar-refractivity contribution in [2.75, 3.05) is 36.8 Å². The summed E-state index contributed by atoms with van der Waals surface area (Å²) in [4.78, 5) is 33.1. The number of aromatic nitrogens is 4. The van der Waals surface area contributed by atoms with Gasteiger partial charge in [0, 0.05) is 29.0 Å². The predicted octanol–water partition coefficient (Wildman–Crippen LogP) is 3.55. The summed E-state index contributed by atoms with van der Waals surface area (Å²) in [6, 6.07) is 17.4. The number of H-pyrrole nitrogens is 1. The number of amides is 1. The van der Waals surface area contributed by atoms with Crippen molar-refractivity contribution in [3.8, 4) is 11.5 Å². The van der Waals surface area contributed by atoms with Crippen LogP contribution in [-0.2, 0) is 11.3 Å². The number of nitrogen functional groups attached to an aromatic ring is 1. The van der Waals surface area contributed by atoms with Crippen molar-refractivity contribution in [3.05, 3.63) is 66.4 Å². The van der Waals surface area contributed by atoms with E-state index in [-0.39, 0.29) is 15.6 Å². The van der Waals surface area contributed by atoms with Gasteiger partial charge in [0.2, 0.25) is 0 Å². The quantitative estimate of drug-likeness (QED) is 0.506. The maximum absolute atomic E-state index is 12.4. The van der Waals surface area contributed by atoms with Crippen LogP contribution in [0.3, 0.4) is 0 Å². The van der Waals surface area contributed by atoms with Crippen LogP contribution in [0.25, 0.3) is 22.6 Å². The average molecular weight is 434 g/mol. The average Bonchev–Trinajstić information content (AvgIpc) is 3.28. The molecule has 3 N–H and O–H groups in total. The Balaban J connectivity index is 0.00000162. The summed E-state index contributed by atoms with van der Waals surface area (Å²) in [6.07, 6.45) is 1.35. The molecule has 0 bridgehead atoms. The molecule has 2 aromatic heterocycles. The summed E-state index contributed by atoms with van der Waals surface area (Å²) in [5, 5.41) is 0. The first-order chi connectivity index (χ1) is 15.7. The van der Waals surface area contributed by atoms with Gasteiger partial charge in [-0.15, -0.1) is 0 Å². The third-order valence-electron chi connectivity index (χ3n) is 5.47. The van der Waals surface area contributed by atoms with Crippen molar-refractivity contribution in [3.63, 3.8) is 0 Å². The molecule has 3 heterocycles. The van der Waals surface area contributed by atoms with Crippen LogP contribution >= 0.6 is 0 Å². The zero-order chi connectivity index (χ0) is 21.9. The van der Waals surface area contributed by atoms with Crippen molar-refractivity contribution in [2.24, 2.45) is 0 Å². The Morgan fingerprint density at radius 3 is 2.56 bits per heavy atom. The second-order valence-electron chi connectivity index (χ2n) is 7.58. The van der Waals surface area contributed by atoms with E-state index in [0.29, 0.717) is 49.3 Å². The van der Waals surface area contributed by atoms with Gasteiger partial charge in [-0.2, -0.15) is 0 Å². The van der Waals surface area contributed by atoms with Crippen molar-refractivity contribution < 1.29 is 12.4 Å². The number of ether oxygens (including phenoxy) is 1. The number of piperazine rings is 1. The molecule has 4 aromatic rings. The molecule has 0 saturated carbocycles. The highest BCUT2D eigenvalue weighted by molar-refractivity contribution is 5.80. The largest absolute Gasteiger partial charge is 0.445 e. The van der Waals surface area contributed by atoms with E-state index in [1.165, 1.54) is 0 Å². The summed E-state index contributed by atoms with van der Waals surface area (Å²) in [6.45, 7) is 2.60. The van der Waals surface area contributed by atoms with Crippen molar-refractivity contribution in [2.45, 2.75) is 6.61 Å². The number of nitrogens with zero attached hydrogens (tertiary/aromatic N) is 5. The highest BCUT2D eigenvalue weighted by Crippen LogP contribution is 2.25. The third kappa shape index (κ3) is 4.04. The van der Waals surface area contributed by atoms with Gasteiger partial charge >= 0.3 is 6.09 Å². The van der Waals surface area contributed by atoms with E-state index >= 15 is 0 Å². The molecule has 1 aliphatic rings. The standard InChI is InChI=1S/C23H23N7O2.2H2/c24-21-20(22-26-17-8-4-5-9-18(17)27-22)28-19(14-25-21)29-10-12-30(13-11-29)23(31)32-15-16-6-2-1-3-7-16;;/h1-9,14H,10-13,15H2,(H2,24,25)(H,26,27);2*1H. The number of rotatable bonds is 4. The number of anilines is 2.